The Morgan fingerprint density at radius 2 is 2.20 bits per heavy atom. The molecule has 15 heavy (non-hydrogen) atoms. The van der Waals surface area contributed by atoms with Crippen molar-refractivity contribution in [2.24, 2.45) is 5.73 Å². The first-order valence-corrected chi connectivity index (χ1v) is 5.01. The molecule has 82 valence electrons. The van der Waals surface area contributed by atoms with Crippen molar-refractivity contribution in [2.45, 2.75) is 0 Å². The van der Waals surface area contributed by atoms with Gasteiger partial charge in [-0.2, -0.15) is 0 Å². The van der Waals surface area contributed by atoms with E-state index < -0.39 is 5.91 Å². The largest absolute Gasteiger partial charge is 0.383 e. The first-order valence-electron chi connectivity index (χ1n) is 4.63. The van der Waals surface area contributed by atoms with Crippen LogP contribution in [0.3, 0.4) is 0 Å². The van der Waals surface area contributed by atoms with Gasteiger partial charge in [-0.05, 0) is 19.2 Å². The zero-order valence-electron chi connectivity index (χ0n) is 8.51. The number of anilines is 1. The Balaban J connectivity index is 2.86. The highest BCUT2D eigenvalue weighted by atomic mass is 35.5. The average Bonchev–Trinajstić information content (AvgIpc) is 2.17. The maximum Gasteiger partial charge on any atom is 0.252 e. The Kier molecular flexibility index (Phi) is 4.39. The Bertz CT molecular complexity index is 355. The van der Waals surface area contributed by atoms with Crippen LogP contribution in [0.5, 0.6) is 0 Å². The van der Waals surface area contributed by atoms with Gasteiger partial charge in [0.2, 0.25) is 0 Å². The lowest BCUT2D eigenvalue weighted by molar-refractivity contribution is 0.100. The van der Waals surface area contributed by atoms with E-state index in [1.165, 1.54) is 0 Å². The van der Waals surface area contributed by atoms with Crippen LogP contribution in [0, 0.1) is 0 Å². The number of nitrogens with one attached hydrogen (secondary N) is 2. The molecule has 1 amide bonds. The number of amides is 1. The van der Waals surface area contributed by atoms with Crippen molar-refractivity contribution in [3.05, 3.63) is 28.8 Å². The highest BCUT2D eigenvalue weighted by Crippen LogP contribution is 2.23. The summed E-state index contributed by atoms with van der Waals surface area (Å²) in [5.74, 6) is -0.521. The molecule has 1 rings (SSSR count). The molecular weight excluding hydrogens is 214 g/mol. The quantitative estimate of drug-likeness (QED) is 0.660. The van der Waals surface area contributed by atoms with E-state index in [1.807, 2.05) is 7.05 Å². The van der Waals surface area contributed by atoms with Crippen molar-refractivity contribution in [3.8, 4) is 0 Å². The molecule has 0 unspecified atom stereocenters. The van der Waals surface area contributed by atoms with Crippen molar-refractivity contribution in [2.75, 3.05) is 25.5 Å². The molecule has 0 aliphatic rings. The van der Waals surface area contributed by atoms with Gasteiger partial charge in [-0.1, -0.05) is 17.7 Å². The van der Waals surface area contributed by atoms with E-state index in [2.05, 4.69) is 10.6 Å². The summed E-state index contributed by atoms with van der Waals surface area (Å²) in [4.78, 5) is 11.2. The van der Waals surface area contributed by atoms with E-state index in [0.717, 1.165) is 6.54 Å². The SMILES string of the molecule is CNCCNc1cccc(Cl)c1C(N)=O. The van der Waals surface area contributed by atoms with Crippen LogP contribution in [-0.4, -0.2) is 26.0 Å². The molecule has 0 bridgehead atoms. The van der Waals surface area contributed by atoms with Crippen LogP contribution in [0.15, 0.2) is 18.2 Å². The van der Waals surface area contributed by atoms with Crippen molar-refractivity contribution in [1.29, 1.82) is 0 Å². The predicted molar refractivity (Wildman–Crippen MR) is 62.4 cm³/mol. The number of carbonyl (C=O) groups is 1. The van der Waals surface area contributed by atoms with Gasteiger partial charge in [0.25, 0.3) is 5.91 Å². The molecule has 0 aromatic heterocycles. The second kappa shape index (κ2) is 5.58. The molecule has 0 aliphatic carbocycles. The Hall–Kier alpha value is -1.26. The molecule has 0 spiro atoms. The maximum absolute atomic E-state index is 11.2. The third-order valence-electron chi connectivity index (χ3n) is 1.95. The van der Waals surface area contributed by atoms with Crippen LogP contribution < -0.4 is 16.4 Å². The molecule has 0 heterocycles. The first-order chi connectivity index (χ1) is 7.16. The van der Waals surface area contributed by atoms with E-state index in [-0.39, 0.29) is 0 Å². The monoisotopic (exact) mass is 227 g/mol. The summed E-state index contributed by atoms with van der Waals surface area (Å²) in [5.41, 5.74) is 6.26. The second-order valence-electron chi connectivity index (χ2n) is 3.06. The number of benzene rings is 1. The van der Waals surface area contributed by atoms with Gasteiger partial charge >= 0.3 is 0 Å². The molecular formula is C10H14ClN3O. The van der Waals surface area contributed by atoms with Crippen LogP contribution in [0.4, 0.5) is 5.69 Å². The molecule has 0 saturated heterocycles. The van der Waals surface area contributed by atoms with Gasteiger partial charge < -0.3 is 16.4 Å². The lowest BCUT2D eigenvalue weighted by Gasteiger charge is -2.10. The molecule has 0 atom stereocenters. The summed E-state index contributed by atoms with van der Waals surface area (Å²) >= 11 is 5.88. The lowest BCUT2D eigenvalue weighted by Crippen LogP contribution is -2.20. The maximum atomic E-state index is 11.2. The van der Waals surface area contributed by atoms with Crippen LogP contribution in [0.1, 0.15) is 10.4 Å². The second-order valence-corrected chi connectivity index (χ2v) is 3.46. The predicted octanol–water partition coefficient (Wildman–Crippen LogP) is 1.07. The lowest BCUT2D eigenvalue weighted by atomic mass is 10.1. The molecule has 1 aromatic rings. The van der Waals surface area contributed by atoms with Crippen LogP contribution in [0.2, 0.25) is 5.02 Å². The third-order valence-corrected chi connectivity index (χ3v) is 2.27. The molecule has 0 fully saturated rings. The normalized spacial score (nSPS) is 10.0. The topological polar surface area (TPSA) is 67.2 Å². The fourth-order valence-corrected chi connectivity index (χ4v) is 1.51. The summed E-state index contributed by atoms with van der Waals surface area (Å²) < 4.78 is 0. The zero-order valence-corrected chi connectivity index (χ0v) is 9.27. The summed E-state index contributed by atoms with van der Waals surface area (Å²) in [6.07, 6.45) is 0. The number of hydrogen-bond acceptors (Lipinski definition) is 3. The summed E-state index contributed by atoms with van der Waals surface area (Å²) in [6, 6.07) is 5.20. The van der Waals surface area contributed by atoms with E-state index >= 15 is 0 Å². The Labute approximate surface area is 93.8 Å². The Morgan fingerprint density at radius 1 is 1.47 bits per heavy atom. The molecule has 0 aliphatic heterocycles. The van der Waals surface area contributed by atoms with Crippen LogP contribution in [0.25, 0.3) is 0 Å². The van der Waals surface area contributed by atoms with Crippen molar-refractivity contribution in [3.63, 3.8) is 0 Å². The number of carbonyl (C=O) groups excluding carboxylic acids is 1. The summed E-state index contributed by atoms with van der Waals surface area (Å²) in [7, 11) is 1.86. The van der Waals surface area contributed by atoms with Gasteiger partial charge in [0.05, 0.1) is 10.6 Å². The fourth-order valence-electron chi connectivity index (χ4n) is 1.24. The van der Waals surface area contributed by atoms with E-state index in [0.29, 0.717) is 22.8 Å². The summed E-state index contributed by atoms with van der Waals surface area (Å²) in [5, 5.41) is 6.45. The van der Waals surface area contributed by atoms with Gasteiger partial charge in [0.1, 0.15) is 0 Å². The molecule has 4 N–H and O–H groups in total. The summed E-state index contributed by atoms with van der Waals surface area (Å²) in [6.45, 7) is 1.50. The molecule has 0 radical (unpaired) electrons. The van der Waals surface area contributed by atoms with Gasteiger partial charge in [0.15, 0.2) is 0 Å². The van der Waals surface area contributed by atoms with Gasteiger partial charge in [0, 0.05) is 18.8 Å². The minimum atomic E-state index is -0.521. The minimum Gasteiger partial charge on any atom is -0.383 e. The zero-order chi connectivity index (χ0) is 11.3. The minimum absolute atomic E-state index is 0.343. The van der Waals surface area contributed by atoms with Crippen molar-refractivity contribution >= 4 is 23.2 Å². The van der Waals surface area contributed by atoms with E-state index in [4.69, 9.17) is 17.3 Å². The van der Waals surface area contributed by atoms with Crippen molar-refractivity contribution in [1.82, 2.24) is 5.32 Å². The highest BCUT2D eigenvalue weighted by molar-refractivity contribution is 6.34. The van der Waals surface area contributed by atoms with Gasteiger partial charge in [-0.3, -0.25) is 4.79 Å². The number of primary amides is 1. The van der Waals surface area contributed by atoms with Crippen molar-refractivity contribution < 1.29 is 4.79 Å². The smallest absolute Gasteiger partial charge is 0.252 e. The van der Waals surface area contributed by atoms with Gasteiger partial charge in [-0.15, -0.1) is 0 Å². The van der Waals surface area contributed by atoms with Crippen LogP contribution in [-0.2, 0) is 0 Å². The van der Waals surface area contributed by atoms with Gasteiger partial charge in [-0.25, -0.2) is 0 Å². The standard InChI is InChI=1S/C10H14ClN3O/c1-13-5-6-14-8-4-2-3-7(11)9(8)10(12)15/h2-4,13-14H,5-6H2,1H3,(H2,12,15). The first kappa shape index (κ1) is 11.8. The number of nitrogens with two attached hydrogens (primary N) is 1. The highest BCUT2D eigenvalue weighted by Gasteiger charge is 2.11. The molecule has 1 aromatic carbocycles. The average molecular weight is 228 g/mol. The van der Waals surface area contributed by atoms with E-state index in [1.54, 1.807) is 18.2 Å². The van der Waals surface area contributed by atoms with Crippen LogP contribution >= 0.6 is 11.6 Å². The number of hydrogen-bond donors (Lipinski definition) is 3. The number of rotatable bonds is 5. The fraction of sp³-hybridized carbons (Fsp3) is 0.300. The third kappa shape index (κ3) is 3.11. The van der Waals surface area contributed by atoms with E-state index in [9.17, 15) is 4.79 Å². The number of halogens is 1. The molecule has 5 heteroatoms. The molecule has 4 nitrogen and oxygen atoms in total. The number of likely N-dealkylation sites (N-methyl/N-ethyl adjacent to an activating group) is 1. The Morgan fingerprint density at radius 3 is 2.80 bits per heavy atom. The molecule has 0 saturated carbocycles.